The zero-order valence-corrected chi connectivity index (χ0v) is 27.7. The van der Waals surface area contributed by atoms with E-state index in [1.165, 1.54) is 14.0 Å². The Morgan fingerprint density at radius 3 is 2.28 bits per heavy atom. The van der Waals surface area contributed by atoms with Crippen LogP contribution in [-0.2, 0) is 49.3 Å². The second-order valence-electron chi connectivity index (χ2n) is 12.0. The van der Waals surface area contributed by atoms with Gasteiger partial charge >= 0.3 is 11.9 Å². The molecule has 0 bridgehead atoms. The fraction of sp³-hybridized carbons (Fsp3) is 0.656. The van der Waals surface area contributed by atoms with E-state index in [9.17, 15) is 34.2 Å². The summed E-state index contributed by atoms with van der Waals surface area (Å²) < 4.78 is 21.6. The number of methoxy groups -OCH3 is 1. The highest BCUT2D eigenvalue weighted by atomic mass is 16.6. The number of primary amides is 1. The summed E-state index contributed by atoms with van der Waals surface area (Å²) in [5, 5.41) is 24.5. The maximum atomic E-state index is 13.5. The van der Waals surface area contributed by atoms with Gasteiger partial charge in [-0.3, -0.25) is 24.0 Å². The maximum absolute atomic E-state index is 13.5. The molecule has 1 aliphatic heterocycles. The number of rotatable bonds is 18. The Balaban J connectivity index is 2.19. The summed E-state index contributed by atoms with van der Waals surface area (Å²) in [5.41, 5.74) is 12.9. The number of nitrogens with one attached hydrogen (secondary N) is 1. The van der Waals surface area contributed by atoms with E-state index in [1.54, 1.807) is 20.8 Å². The molecule has 2 rings (SSSR count). The van der Waals surface area contributed by atoms with Crippen LogP contribution in [0, 0.1) is 5.92 Å². The molecule has 1 aliphatic rings. The monoisotopic (exact) mass is 666 g/mol. The normalized spacial score (nSPS) is 22.9. The smallest absolute Gasteiger partial charge is 0.305 e. The molecule has 0 saturated carbocycles. The highest BCUT2D eigenvalue weighted by Gasteiger charge is 2.47. The van der Waals surface area contributed by atoms with Crippen molar-refractivity contribution in [2.75, 3.05) is 20.3 Å². The lowest BCUT2D eigenvalue weighted by atomic mass is 9.96. The molecule has 1 aromatic carbocycles. The number of aliphatic hydroxyl groups is 2. The number of hydrogen-bond acceptors (Lipinski definition) is 12. The van der Waals surface area contributed by atoms with E-state index >= 15 is 0 Å². The van der Waals surface area contributed by atoms with Gasteiger partial charge in [-0.15, -0.1) is 0 Å². The average molecular weight is 667 g/mol. The minimum Gasteiger partial charge on any atom is -0.469 e. The van der Waals surface area contributed by atoms with Gasteiger partial charge in [0.2, 0.25) is 17.7 Å². The summed E-state index contributed by atoms with van der Waals surface area (Å²) >= 11 is 0. The number of hydrogen-bond donors (Lipinski definition) is 5. The summed E-state index contributed by atoms with van der Waals surface area (Å²) in [6.45, 7) is 5.53. The molecule has 47 heavy (non-hydrogen) atoms. The van der Waals surface area contributed by atoms with Crippen LogP contribution < -0.4 is 16.8 Å². The summed E-state index contributed by atoms with van der Waals surface area (Å²) in [4.78, 5) is 63.3. The number of ether oxygens (including phenoxy) is 4. The Morgan fingerprint density at radius 1 is 1.04 bits per heavy atom. The minimum atomic E-state index is -1.66. The van der Waals surface area contributed by atoms with Gasteiger partial charge in [0.25, 0.3) is 0 Å². The Bertz CT molecular complexity index is 1180. The number of nitrogens with two attached hydrogens (primary N) is 2. The van der Waals surface area contributed by atoms with Crippen molar-refractivity contribution in [1.82, 2.24) is 10.2 Å². The first kappa shape index (κ1) is 39.5. The maximum Gasteiger partial charge on any atom is 0.305 e. The largest absolute Gasteiger partial charge is 0.469 e. The zero-order valence-electron chi connectivity index (χ0n) is 27.7. The fourth-order valence-electron chi connectivity index (χ4n) is 5.19. The number of benzene rings is 1. The van der Waals surface area contributed by atoms with E-state index in [2.05, 4.69) is 10.1 Å². The molecule has 8 atom stereocenters. The molecule has 1 unspecified atom stereocenters. The van der Waals surface area contributed by atoms with Crippen molar-refractivity contribution in [3.8, 4) is 0 Å². The summed E-state index contributed by atoms with van der Waals surface area (Å²) in [7, 11) is 1.19. The van der Waals surface area contributed by atoms with E-state index in [-0.39, 0.29) is 31.7 Å². The van der Waals surface area contributed by atoms with Crippen molar-refractivity contribution in [2.45, 2.75) is 109 Å². The van der Waals surface area contributed by atoms with Gasteiger partial charge in [-0.25, -0.2) is 0 Å². The third kappa shape index (κ3) is 12.5. The molecule has 264 valence electrons. The Morgan fingerprint density at radius 2 is 1.70 bits per heavy atom. The van der Waals surface area contributed by atoms with E-state index in [4.69, 9.17) is 25.7 Å². The fourth-order valence-corrected chi connectivity index (χ4v) is 5.19. The lowest BCUT2D eigenvalue weighted by Crippen LogP contribution is -2.66. The van der Waals surface area contributed by atoms with Crippen molar-refractivity contribution in [2.24, 2.45) is 17.4 Å². The summed E-state index contributed by atoms with van der Waals surface area (Å²) in [5.74, 6) is -3.50. The molecule has 0 aliphatic carbocycles. The predicted molar refractivity (Wildman–Crippen MR) is 168 cm³/mol. The third-order valence-corrected chi connectivity index (χ3v) is 7.84. The van der Waals surface area contributed by atoms with E-state index < -0.39 is 85.1 Å². The number of aryl methyl sites for hydroxylation is 1. The van der Waals surface area contributed by atoms with Crippen molar-refractivity contribution in [1.29, 1.82) is 0 Å². The van der Waals surface area contributed by atoms with Crippen molar-refractivity contribution in [3.05, 3.63) is 35.9 Å². The van der Waals surface area contributed by atoms with Gasteiger partial charge in [-0.2, -0.15) is 0 Å². The number of nitrogens with zero attached hydrogens (tertiary/aromatic N) is 1. The topological polar surface area (TPSA) is 230 Å². The number of carbonyl (C=O) groups is 5. The molecule has 1 fully saturated rings. The molecule has 1 saturated heterocycles. The van der Waals surface area contributed by atoms with Crippen LogP contribution in [-0.4, -0.2) is 114 Å². The molecule has 0 spiro atoms. The van der Waals surface area contributed by atoms with Crippen LogP contribution >= 0.6 is 0 Å². The lowest BCUT2D eigenvalue weighted by Gasteiger charge is -2.44. The first-order valence-corrected chi connectivity index (χ1v) is 15.7. The predicted octanol–water partition coefficient (Wildman–Crippen LogP) is -0.472. The molecular formula is C32H50N4O11. The van der Waals surface area contributed by atoms with Crippen LogP contribution in [0.2, 0.25) is 0 Å². The van der Waals surface area contributed by atoms with E-state index in [1.807, 2.05) is 30.3 Å². The molecule has 1 aromatic rings. The van der Waals surface area contributed by atoms with E-state index in [0.29, 0.717) is 12.8 Å². The summed E-state index contributed by atoms with van der Waals surface area (Å²) in [6.07, 6.45) is -5.67. The van der Waals surface area contributed by atoms with Crippen LogP contribution in [0.5, 0.6) is 0 Å². The molecule has 7 N–H and O–H groups in total. The van der Waals surface area contributed by atoms with Gasteiger partial charge in [-0.1, -0.05) is 44.2 Å². The van der Waals surface area contributed by atoms with Gasteiger partial charge in [-0.05, 0) is 37.7 Å². The first-order valence-electron chi connectivity index (χ1n) is 15.7. The highest BCUT2D eigenvalue weighted by Crippen LogP contribution is 2.25. The first-order chi connectivity index (χ1) is 22.2. The van der Waals surface area contributed by atoms with E-state index in [0.717, 1.165) is 10.5 Å². The third-order valence-electron chi connectivity index (χ3n) is 7.84. The number of esters is 2. The second-order valence-corrected chi connectivity index (χ2v) is 12.0. The quantitative estimate of drug-likeness (QED) is 0.125. The van der Waals surface area contributed by atoms with Crippen LogP contribution in [0.25, 0.3) is 0 Å². The number of amides is 3. The number of carbonyl (C=O) groups excluding carboxylic acids is 5. The lowest BCUT2D eigenvalue weighted by molar-refractivity contribution is -0.269. The van der Waals surface area contributed by atoms with Gasteiger partial charge in [0.05, 0.1) is 19.3 Å². The minimum absolute atomic E-state index is 0.116. The Labute approximate surface area is 275 Å². The zero-order chi connectivity index (χ0) is 35.3. The average Bonchev–Trinajstić information content (AvgIpc) is 3.02. The SMILES string of the molecule is COC(=O)CC[C@H](C(N)=O)N(CC(C)O[C@H]1[C@H](O)[C@@H](COC(=O)CCCc2ccccc2)O[C@H](O)[C@@H]1NC(C)=O)C(=O)[C@@H](N)C(C)C. The van der Waals surface area contributed by atoms with Crippen molar-refractivity contribution in [3.63, 3.8) is 0 Å². The molecule has 1 heterocycles. The molecule has 0 radical (unpaired) electrons. The summed E-state index contributed by atoms with van der Waals surface area (Å²) in [6, 6.07) is 6.11. The molecule has 15 nitrogen and oxygen atoms in total. The van der Waals surface area contributed by atoms with Gasteiger partial charge < -0.3 is 50.8 Å². The molecule has 3 amide bonds. The molecular weight excluding hydrogens is 616 g/mol. The molecule has 15 heteroatoms. The Hall–Kier alpha value is -3.63. The van der Waals surface area contributed by atoms with Crippen molar-refractivity contribution >= 4 is 29.7 Å². The van der Waals surface area contributed by atoms with Crippen LogP contribution in [0.3, 0.4) is 0 Å². The van der Waals surface area contributed by atoms with Crippen LogP contribution in [0.1, 0.15) is 58.9 Å². The van der Waals surface area contributed by atoms with Crippen LogP contribution in [0.4, 0.5) is 0 Å². The second kappa shape index (κ2) is 19.3. The van der Waals surface area contributed by atoms with Crippen LogP contribution in [0.15, 0.2) is 30.3 Å². The number of aliphatic hydroxyl groups excluding tert-OH is 2. The van der Waals surface area contributed by atoms with Gasteiger partial charge in [0.15, 0.2) is 6.29 Å². The Kier molecular flexibility index (Phi) is 16.2. The van der Waals surface area contributed by atoms with Gasteiger partial charge in [0.1, 0.15) is 37.0 Å². The highest BCUT2D eigenvalue weighted by molar-refractivity contribution is 5.89. The van der Waals surface area contributed by atoms with Gasteiger partial charge in [0, 0.05) is 26.3 Å². The van der Waals surface area contributed by atoms with Crippen molar-refractivity contribution < 1.29 is 53.1 Å². The standard InChI is InChI=1S/C32H50N4O11/c1-18(2)26(33)31(42)36(22(30(34)41)14-15-24(38)44-5)16-19(3)46-29-27(35-20(4)37)32(43)47-23(28(29)40)17-45-25(39)13-9-12-21-10-7-6-8-11-21/h6-8,10-11,18-19,22-23,26-29,32,40,43H,9,12-17,33H2,1-5H3,(H2,34,41)(H,35,37)/t19?,22-,23-,26+,27-,28-,29-,32+/m1/s1. The molecule has 0 aromatic heterocycles.